The van der Waals surface area contributed by atoms with Gasteiger partial charge in [-0.2, -0.15) is 17.5 Å². The molecule has 0 saturated carbocycles. The van der Waals surface area contributed by atoms with Gasteiger partial charge in [0.2, 0.25) is 15.9 Å². The number of sulfonamides is 1. The minimum absolute atomic E-state index is 0.0468. The van der Waals surface area contributed by atoms with E-state index < -0.39 is 32.6 Å². The van der Waals surface area contributed by atoms with Crippen LogP contribution in [0, 0.1) is 12.8 Å². The Kier molecular flexibility index (Phi) is 6.45. The van der Waals surface area contributed by atoms with Crippen LogP contribution in [-0.2, 0) is 21.0 Å². The number of anilines is 1. The van der Waals surface area contributed by atoms with E-state index in [0.717, 1.165) is 28.1 Å². The number of amides is 1. The first-order chi connectivity index (χ1) is 14.0. The number of hydrogen-bond donors (Lipinski definition) is 1. The van der Waals surface area contributed by atoms with Gasteiger partial charge in [-0.15, -0.1) is 0 Å². The van der Waals surface area contributed by atoms with Gasteiger partial charge in [-0.25, -0.2) is 8.42 Å². The minimum atomic E-state index is -4.63. The predicted octanol–water partition coefficient (Wildman–Crippen LogP) is 4.71. The Bertz CT molecular complexity index is 1050. The highest BCUT2D eigenvalue weighted by Gasteiger charge is 2.35. The molecule has 0 spiro atoms. The monoisotopic (exact) mass is 460 g/mol. The van der Waals surface area contributed by atoms with E-state index in [2.05, 4.69) is 5.32 Å². The second-order valence-electron chi connectivity index (χ2n) is 7.11. The van der Waals surface area contributed by atoms with Crippen molar-refractivity contribution in [2.45, 2.75) is 30.8 Å². The molecule has 1 heterocycles. The second-order valence-corrected chi connectivity index (χ2v) is 9.45. The number of nitrogens with one attached hydrogen (secondary N) is 1. The summed E-state index contributed by atoms with van der Waals surface area (Å²) >= 11 is 6.05. The highest BCUT2D eigenvalue weighted by molar-refractivity contribution is 7.89. The summed E-state index contributed by atoms with van der Waals surface area (Å²) in [6.07, 6.45) is -4.09. The Labute approximate surface area is 177 Å². The van der Waals surface area contributed by atoms with Crippen LogP contribution in [0.25, 0.3) is 0 Å². The fraction of sp³-hybridized carbons (Fsp3) is 0.350. The first-order valence-corrected chi connectivity index (χ1v) is 11.1. The molecular formula is C20H20ClF3N2O3S. The van der Waals surface area contributed by atoms with Gasteiger partial charge in [0.25, 0.3) is 0 Å². The summed E-state index contributed by atoms with van der Waals surface area (Å²) in [5.41, 5.74) is 0.304. The molecule has 1 aliphatic heterocycles. The third kappa shape index (κ3) is 4.79. The molecule has 0 aliphatic carbocycles. The van der Waals surface area contributed by atoms with Crippen molar-refractivity contribution in [1.82, 2.24) is 4.31 Å². The smallest absolute Gasteiger partial charge is 0.326 e. The molecule has 1 fully saturated rings. The molecule has 2 aromatic carbocycles. The van der Waals surface area contributed by atoms with E-state index >= 15 is 0 Å². The van der Waals surface area contributed by atoms with Crippen LogP contribution in [0.1, 0.15) is 24.0 Å². The van der Waals surface area contributed by atoms with Gasteiger partial charge in [-0.05, 0) is 55.7 Å². The van der Waals surface area contributed by atoms with Crippen molar-refractivity contribution in [2.75, 3.05) is 18.4 Å². The quantitative estimate of drug-likeness (QED) is 0.718. The number of carbonyl (C=O) groups excluding carboxylic acids is 1. The van der Waals surface area contributed by atoms with E-state index in [1.54, 1.807) is 25.1 Å². The largest absolute Gasteiger partial charge is 0.416 e. The molecule has 0 atom stereocenters. The summed E-state index contributed by atoms with van der Waals surface area (Å²) < 4.78 is 65.4. The van der Waals surface area contributed by atoms with Crippen LogP contribution in [0.3, 0.4) is 0 Å². The van der Waals surface area contributed by atoms with Crippen molar-refractivity contribution in [3.8, 4) is 0 Å². The third-order valence-electron chi connectivity index (χ3n) is 5.15. The normalized spacial score (nSPS) is 16.4. The zero-order valence-corrected chi connectivity index (χ0v) is 17.6. The molecule has 0 unspecified atom stereocenters. The average molecular weight is 461 g/mol. The maximum Gasteiger partial charge on any atom is 0.416 e. The molecule has 1 aliphatic rings. The van der Waals surface area contributed by atoms with Crippen molar-refractivity contribution in [3.05, 3.63) is 58.6 Å². The molecule has 1 N–H and O–H groups in total. The van der Waals surface area contributed by atoms with Crippen LogP contribution in [0.5, 0.6) is 0 Å². The van der Waals surface area contributed by atoms with Crippen molar-refractivity contribution >= 4 is 33.2 Å². The maximum atomic E-state index is 12.9. The first-order valence-electron chi connectivity index (χ1n) is 9.23. The topological polar surface area (TPSA) is 66.5 Å². The van der Waals surface area contributed by atoms with Gasteiger partial charge in [0.05, 0.1) is 10.5 Å². The van der Waals surface area contributed by atoms with E-state index in [1.165, 1.54) is 0 Å². The standard InChI is InChI=1S/C20H20ClF3N2O3S/c1-13-17(21)6-3-7-18(13)25-19(27)14-8-10-26(11-9-14)30(28,29)16-5-2-4-15(12-16)20(22,23)24/h2-7,12,14H,8-11H2,1H3,(H,25,27). The van der Waals surface area contributed by atoms with Crippen LogP contribution < -0.4 is 5.32 Å². The van der Waals surface area contributed by atoms with E-state index in [4.69, 9.17) is 11.6 Å². The van der Waals surface area contributed by atoms with Gasteiger partial charge in [0.1, 0.15) is 0 Å². The van der Waals surface area contributed by atoms with E-state index in [1.807, 2.05) is 0 Å². The van der Waals surface area contributed by atoms with E-state index in [9.17, 15) is 26.4 Å². The molecule has 10 heteroatoms. The highest BCUT2D eigenvalue weighted by Crippen LogP contribution is 2.32. The maximum absolute atomic E-state index is 12.9. The molecule has 5 nitrogen and oxygen atoms in total. The van der Waals surface area contributed by atoms with Gasteiger partial charge in [-0.3, -0.25) is 4.79 Å². The van der Waals surface area contributed by atoms with Crippen molar-refractivity contribution in [2.24, 2.45) is 5.92 Å². The summed E-state index contributed by atoms with van der Waals surface area (Å²) in [6, 6.07) is 8.84. The predicted molar refractivity (Wildman–Crippen MR) is 108 cm³/mol. The van der Waals surface area contributed by atoms with Gasteiger partial charge < -0.3 is 5.32 Å². The number of nitrogens with zero attached hydrogens (tertiary/aromatic N) is 1. The van der Waals surface area contributed by atoms with Crippen LogP contribution in [0.2, 0.25) is 5.02 Å². The fourth-order valence-electron chi connectivity index (χ4n) is 3.32. The Morgan fingerprint density at radius 3 is 2.40 bits per heavy atom. The molecule has 30 heavy (non-hydrogen) atoms. The van der Waals surface area contributed by atoms with Gasteiger partial charge in [0.15, 0.2) is 0 Å². The number of halogens is 4. The molecule has 1 amide bonds. The summed E-state index contributed by atoms with van der Waals surface area (Å²) in [7, 11) is -4.08. The van der Waals surface area contributed by atoms with E-state index in [-0.39, 0.29) is 31.8 Å². The summed E-state index contributed by atoms with van der Waals surface area (Å²) in [5, 5.41) is 3.34. The first kappa shape index (κ1) is 22.6. The number of hydrogen-bond acceptors (Lipinski definition) is 3. The molecule has 2 aromatic rings. The SMILES string of the molecule is Cc1c(Cl)cccc1NC(=O)C1CCN(S(=O)(=O)c2cccc(C(F)(F)F)c2)CC1. The van der Waals surface area contributed by atoms with Gasteiger partial charge >= 0.3 is 6.18 Å². The lowest BCUT2D eigenvalue weighted by atomic mass is 9.97. The summed E-state index contributed by atoms with van der Waals surface area (Å²) in [6.45, 7) is 1.87. The second kappa shape index (κ2) is 8.56. The zero-order chi connectivity index (χ0) is 22.1. The van der Waals surface area contributed by atoms with Crippen molar-refractivity contribution in [1.29, 1.82) is 0 Å². The molecular weight excluding hydrogens is 441 g/mol. The molecule has 0 aromatic heterocycles. The third-order valence-corrected chi connectivity index (χ3v) is 7.45. The molecule has 0 radical (unpaired) electrons. The minimum Gasteiger partial charge on any atom is -0.326 e. The number of benzene rings is 2. The van der Waals surface area contributed by atoms with Crippen LogP contribution in [0.4, 0.5) is 18.9 Å². The lowest BCUT2D eigenvalue weighted by molar-refractivity contribution is -0.137. The highest BCUT2D eigenvalue weighted by atomic mass is 35.5. The van der Waals surface area contributed by atoms with Crippen molar-refractivity contribution < 1.29 is 26.4 Å². The fourth-order valence-corrected chi connectivity index (χ4v) is 5.01. The van der Waals surface area contributed by atoms with Crippen LogP contribution >= 0.6 is 11.6 Å². The zero-order valence-electron chi connectivity index (χ0n) is 16.0. The Balaban J connectivity index is 1.67. The summed E-state index contributed by atoms with van der Waals surface area (Å²) in [4.78, 5) is 12.2. The van der Waals surface area contributed by atoms with Gasteiger partial charge in [-0.1, -0.05) is 23.7 Å². The molecule has 162 valence electrons. The molecule has 1 saturated heterocycles. The Hall–Kier alpha value is -2.10. The number of piperidine rings is 1. The Morgan fingerprint density at radius 1 is 1.13 bits per heavy atom. The van der Waals surface area contributed by atoms with Gasteiger partial charge in [0, 0.05) is 29.7 Å². The number of rotatable bonds is 4. The molecule has 0 bridgehead atoms. The summed E-state index contributed by atoms with van der Waals surface area (Å²) in [5.74, 6) is -0.646. The average Bonchev–Trinajstić information content (AvgIpc) is 2.71. The van der Waals surface area contributed by atoms with Crippen LogP contribution in [-0.4, -0.2) is 31.7 Å². The Morgan fingerprint density at radius 2 is 1.77 bits per heavy atom. The lowest BCUT2D eigenvalue weighted by Gasteiger charge is -2.30. The molecule has 3 rings (SSSR count). The number of carbonyl (C=O) groups is 1. The number of alkyl halides is 3. The van der Waals surface area contributed by atoms with Crippen molar-refractivity contribution in [3.63, 3.8) is 0 Å². The van der Waals surface area contributed by atoms with Crippen LogP contribution in [0.15, 0.2) is 47.4 Å². The van der Waals surface area contributed by atoms with E-state index in [0.29, 0.717) is 16.8 Å². The lowest BCUT2D eigenvalue weighted by Crippen LogP contribution is -2.41.